The van der Waals surface area contributed by atoms with Crippen molar-refractivity contribution in [2.24, 2.45) is 5.92 Å². The second kappa shape index (κ2) is 7.53. The van der Waals surface area contributed by atoms with Gasteiger partial charge in [0.2, 0.25) is 11.8 Å². The van der Waals surface area contributed by atoms with Crippen LogP contribution in [0, 0.1) is 5.92 Å². The average Bonchev–Trinajstić information content (AvgIpc) is 3.01. The quantitative estimate of drug-likeness (QED) is 0.853. The standard InChI is InChI=1S/C20H19ClN2O2/c1-22-20(25)16-12-19(24)23(13-16)18-9-7-14(8-10-18)5-6-15-3-2-4-17(21)11-15/h2-11,16H,12-13H2,1H3,(H,22,25). The predicted octanol–water partition coefficient (Wildman–Crippen LogP) is 3.61. The van der Waals surface area contributed by atoms with Crippen molar-refractivity contribution in [2.75, 3.05) is 18.5 Å². The molecule has 25 heavy (non-hydrogen) atoms. The highest BCUT2D eigenvalue weighted by Gasteiger charge is 2.34. The number of rotatable bonds is 4. The third-order valence-corrected chi connectivity index (χ3v) is 4.50. The summed E-state index contributed by atoms with van der Waals surface area (Å²) in [4.78, 5) is 25.5. The van der Waals surface area contributed by atoms with Crippen molar-refractivity contribution in [3.63, 3.8) is 0 Å². The van der Waals surface area contributed by atoms with E-state index in [4.69, 9.17) is 11.6 Å². The van der Waals surface area contributed by atoms with Crippen LogP contribution in [0.1, 0.15) is 17.5 Å². The molecule has 2 aromatic rings. The first-order valence-corrected chi connectivity index (χ1v) is 8.50. The largest absolute Gasteiger partial charge is 0.359 e. The van der Waals surface area contributed by atoms with Crippen LogP contribution in [0.5, 0.6) is 0 Å². The van der Waals surface area contributed by atoms with Crippen LogP contribution < -0.4 is 10.2 Å². The first-order chi connectivity index (χ1) is 12.1. The number of carbonyl (C=O) groups excluding carboxylic acids is 2. The molecule has 0 radical (unpaired) electrons. The van der Waals surface area contributed by atoms with Gasteiger partial charge < -0.3 is 10.2 Å². The maximum absolute atomic E-state index is 12.2. The van der Waals surface area contributed by atoms with Gasteiger partial charge in [-0.05, 0) is 35.4 Å². The van der Waals surface area contributed by atoms with Gasteiger partial charge in [-0.1, -0.05) is 48.0 Å². The minimum atomic E-state index is -0.278. The van der Waals surface area contributed by atoms with E-state index < -0.39 is 0 Å². The lowest BCUT2D eigenvalue weighted by Gasteiger charge is -2.16. The van der Waals surface area contributed by atoms with Crippen LogP contribution in [0.2, 0.25) is 5.02 Å². The summed E-state index contributed by atoms with van der Waals surface area (Å²) in [7, 11) is 1.59. The third kappa shape index (κ3) is 4.09. The highest BCUT2D eigenvalue weighted by Crippen LogP contribution is 2.26. The number of benzene rings is 2. The molecule has 5 heteroatoms. The van der Waals surface area contributed by atoms with Gasteiger partial charge in [0.15, 0.2) is 0 Å². The lowest BCUT2D eigenvalue weighted by molar-refractivity contribution is -0.125. The number of amides is 2. The van der Waals surface area contributed by atoms with Crippen molar-refractivity contribution in [1.82, 2.24) is 5.32 Å². The predicted molar refractivity (Wildman–Crippen MR) is 101 cm³/mol. The van der Waals surface area contributed by atoms with Gasteiger partial charge >= 0.3 is 0 Å². The zero-order chi connectivity index (χ0) is 17.8. The number of anilines is 1. The Hall–Kier alpha value is -2.59. The minimum absolute atomic E-state index is 0.0178. The first-order valence-electron chi connectivity index (χ1n) is 8.12. The van der Waals surface area contributed by atoms with Crippen molar-refractivity contribution in [3.05, 3.63) is 64.7 Å². The Kier molecular flexibility index (Phi) is 5.19. The van der Waals surface area contributed by atoms with Crippen LogP contribution in [0.25, 0.3) is 12.2 Å². The SMILES string of the molecule is CNC(=O)C1CC(=O)N(c2ccc(C=Cc3cccc(Cl)c3)cc2)C1. The molecule has 1 atom stereocenters. The Morgan fingerprint density at radius 2 is 1.88 bits per heavy atom. The molecule has 0 saturated carbocycles. The summed E-state index contributed by atoms with van der Waals surface area (Å²) in [5.41, 5.74) is 2.87. The summed E-state index contributed by atoms with van der Waals surface area (Å²) in [6, 6.07) is 15.4. The third-order valence-electron chi connectivity index (χ3n) is 4.26. The van der Waals surface area contributed by atoms with Gasteiger partial charge in [0.1, 0.15) is 0 Å². The Balaban J connectivity index is 1.70. The fourth-order valence-electron chi connectivity index (χ4n) is 2.90. The molecular formula is C20H19ClN2O2. The van der Waals surface area contributed by atoms with Crippen molar-refractivity contribution >= 4 is 41.3 Å². The molecule has 0 aromatic heterocycles. The summed E-state index contributed by atoms with van der Waals surface area (Å²) in [6.07, 6.45) is 4.24. The van der Waals surface area contributed by atoms with Crippen LogP contribution in [-0.2, 0) is 9.59 Å². The van der Waals surface area contributed by atoms with E-state index in [1.54, 1.807) is 11.9 Å². The first kappa shape index (κ1) is 17.2. The summed E-state index contributed by atoms with van der Waals surface area (Å²) < 4.78 is 0. The minimum Gasteiger partial charge on any atom is -0.359 e. The van der Waals surface area contributed by atoms with E-state index in [1.807, 2.05) is 60.7 Å². The number of nitrogens with zero attached hydrogens (tertiary/aromatic N) is 1. The molecule has 0 spiro atoms. The summed E-state index contributed by atoms with van der Waals surface area (Å²) in [5, 5.41) is 3.31. The lowest BCUT2D eigenvalue weighted by Crippen LogP contribution is -2.30. The van der Waals surface area contributed by atoms with E-state index in [9.17, 15) is 9.59 Å². The Morgan fingerprint density at radius 3 is 2.56 bits per heavy atom. The number of carbonyl (C=O) groups is 2. The molecule has 1 aliphatic rings. The maximum Gasteiger partial charge on any atom is 0.227 e. The van der Waals surface area contributed by atoms with Gasteiger partial charge in [-0.15, -0.1) is 0 Å². The molecule has 1 fully saturated rings. The molecule has 0 bridgehead atoms. The topological polar surface area (TPSA) is 49.4 Å². The fourth-order valence-corrected chi connectivity index (χ4v) is 3.10. The molecule has 2 amide bonds. The van der Waals surface area contributed by atoms with Crippen LogP contribution in [-0.4, -0.2) is 25.4 Å². The highest BCUT2D eigenvalue weighted by molar-refractivity contribution is 6.30. The normalized spacial score (nSPS) is 17.3. The van der Waals surface area contributed by atoms with Crippen molar-refractivity contribution < 1.29 is 9.59 Å². The molecular weight excluding hydrogens is 336 g/mol. The fraction of sp³-hybridized carbons (Fsp3) is 0.200. The Labute approximate surface area is 152 Å². The van der Waals surface area contributed by atoms with E-state index in [-0.39, 0.29) is 24.2 Å². The van der Waals surface area contributed by atoms with Crippen molar-refractivity contribution in [1.29, 1.82) is 0 Å². The number of nitrogens with one attached hydrogen (secondary N) is 1. The van der Waals surface area contributed by atoms with Crippen molar-refractivity contribution in [3.8, 4) is 0 Å². The average molecular weight is 355 g/mol. The Bertz CT molecular complexity index is 815. The number of hydrogen-bond acceptors (Lipinski definition) is 2. The van der Waals surface area contributed by atoms with Crippen molar-refractivity contribution in [2.45, 2.75) is 6.42 Å². The molecule has 2 aromatic carbocycles. The van der Waals surface area contributed by atoms with Crippen LogP contribution in [0.3, 0.4) is 0 Å². The highest BCUT2D eigenvalue weighted by atomic mass is 35.5. The van der Waals surface area contributed by atoms with E-state index in [0.29, 0.717) is 11.6 Å². The molecule has 1 unspecified atom stereocenters. The molecule has 0 aliphatic carbocycles. The van der Waals surface area contributed by atoms with Gasteiger partial charge in [-0.25, -0.2) is 0 Å². The summed E-state index contributed by atoms with van der Waals surface area (Å²) >= 11 is 5.98. The number of halogens is 1. The molecule has 1 aliphatic heterocycles. The van der Waals surface area contributed by atoms with E-state index in [1.165, 1.54) is 0 Å². The van der Waals surface area contributed by atoms with Gasteiger partial charge in [0, 0.05) is 30.7 Å². The smallest absolute Gasteiger partial charge is 0.227 e. The van der Waals surface area contributed by atoms with Gasteiger partial charge in [-0.2, -0.15) is 0 Å². The zero-order valence-electron chi connectivity index (χ0n) is 13.9. The van der Waals surface area contributed by atoms with Gasteiger partial charge in [0.05, 0.1) is 5.92 Å². The summed E-state index contributed by atoms with van der Waals surface area (Å²) in [6.45, 7) is 0.427. The maximum atomic E-state index is 12.2. The molecule has 1 saturated heterocycles. The zero-order valence-corrected chi connectivity index (χ0v) is 14.7. The van der Waals surface area contributed by atoms with Crippen LogP contribution in [0.4, 0.5) is 5.69 Å². The van der Waals surface area contributed by atoms with E-state index in [0.717, 1.165) is 16.8 Å². The van der Waals surface area contributed by atoms with Crippen LogP contribution >= 0.6 is 11.6 Å². The molecule has 1 heterocycles. The molecule has 3 rings (SSSR count). The molecule has 1 N–H and O–H groups in total. The second-order valence-electron chi connectivity index (χ2n) is 6.00. The van der Waals surface area contributed by atoms with E-state index >= 15 is 0 Å². The monoisotopic (exact) mass is 354 g/mol. The number of hydrogen-bond donors (Lipinski definition) is 1. The van der Waals surface area contributed by atoms with E-state index in [2.05, 4.69) is 5.32 Å². The molecule has 4 nitrogen and oxygen atoms in total. The summed E-state index contributed by atoms with van der Waals surface area (Å²) in [5.74, 6) is -0.382. The van der Waals surface area contributed by atoms with Gasteiger partial charge in [0.25, 0.3) is 0 Å². The van der Waals surface area contributed by atoms with Gasteiger partial charge in [-0.3, -0.25) is 9.59 Å². The second-order valence-corrected chi connectivity index (χ2v) is 6.44. The van der Waals surface area contributed by atoms with Crippen LogP contribution in [0.15, 0.2) is 48.5 Å². The molecule has 128 valence electrons. The lowest BCUT2D eigenvalue weighted by atomic mass is 10.1. The Morgan fingerprint density at radius 1 is 1.16 bits per heavy atom.